The van der Waals surface area contributed by atoms with Crippen molar-refractivity contribution in [1.82, 2.24) is 14.8 Å². The SMILES string of the molecule is CC(C)Cn1cnnc1[C@@H](N)C(C)C. The highest BCUT2D eigenvalue weighted by Crippen LogP contribution is 2.16. The van der Waals surface area contributed by atoms with E-state index in [1.807, 2.05) is 0 Å². The molecule has 1 atom stereocenters. The second-order valence-electron chi connectivity index (χ2n) is 4.51. The van der Waals surface area contributed by atoms with Gasteiger partial charge in [0.25, 0.3) is 0 Å². The number of hydrogen-bond acceptors (Lipinski definition) is 3. The fraction of sp³-hybridized carbons (Fsp3) is 0.800. The van der Waals surface area contributed by atoms with Gasteiger partial charge in [0.2, 0.25) is 0 Å². The van der Waals surface area contributed by atoms with E-state index in [1.54, 1.807) is 6.33 Å². The van der Waals surface area contributed by atoms with Crippen LogP contribution in [0.2, 0.25) is 0 Å². The van der Waals surface area contributed by atoms with Crippen LogP contribution < -0.4 is 5.73 Å². The molecule has 0 saturated carbocycles. The van der Waals surface area contributed by atoms with Gasteiger partial charge in [-0.05, 0) is 11.8 Å². The second-order valence-corrected chi connectivity index (χ2v) is 4.51. The normalized spacial score (nSPS) is 13.9. The van der Waals surface area contributed by atoms with E-state index in [0.29, 0.717) is 11.8 Å². The summed E-state index contributed by atoms with van der Waals surface area (Å²) in [5, 5.41) is 7.99. The summed E-state index contributed by atoms with van der Waals surface area (Å²) in [5.74, 6) is 1.88. The van der Waals surface area contributed by atoms with Gasteiger partial charge in [0.05, 0.1) is 6.04 Å². The maximum absolute atomic E-state index is 6.04. The lowest BCUT2D eigenvalue weighted by molar-refractivity contribution is 0.438. The molecule has 0 amide bonds. The van der Waals surface area contributed by atoms with E-state index >= 15 is 0 Å². The maximum atomic E-state index is 6.04. The molecule has 80 valence electrons. The van der Waals surface area contributed by atoms with Crippen molar-refractivity contribution in [3.05, 3.63) is 12.2 Å². The molecule has 0 aliphatic carbocycles. The molecular weight excluding hydrogens is 176 g/mol. The standard InChI is InChI=1S/C10H20N4/c1-7(2)5-14-6-12-13-10(14)9(11)8(3)4/h6-9H,5,11H2,1-4H3/t9-/m0/s1. The highest BCUT2D eigenvalue weighted by molar-refractivity contribution is 4.95. The Labute approximate surface area is 85.5 Å². The average Bonchev–Trinajstić information content (AvgIpc) is 2.49. The molecule has 0 bridgehead atoms. The Morgan fingerprint density at radius 3 is 2.50 bits per heavy atom. The minimum Gasteiger partial charge on any atom is -0.321 e. The van der Waals surface area contributed by atoms with Gasteiger partial charge >= 0.3 is 0 Å². The van der Waals surface area contributed by atoms with Crippen molar-refractivity contribution in [3.63, 3.8) is 0 Å². The van der Waals surface area contributed by atoms with Crippen molar-refractivity contribution >= 4 is 0 Å². The monoisotopic (exact) mass is 196 g/mol. The van der Waals surface area contributed by atoms with E-state index < -0.39 is 0 Å². The number of rotatable bonds is 4. The Kier molecular flexibility index (Phi) is 3.63. The van der Waals surface area contributed by atoms with Crippen LogP contribution in [0.25, 0.3) is 0 Å². The van der Waals surface area contributed by atoms with Crippen molar-refractivity contribution in [2.24, 2.45) is 17.6 Å². The van der Waals surface area contributed by atoms with Crippen molar-refractivity contribution < 1.29 is 0 Å². The number of hydrogen-bond donors (Lipinski definition) is 1. The van der Waals surface area contributed by atoms with Crippen LogP contribution in [-0.4, -0.2) is 14.8 Å². The van der Waals surface area contributed by atoms with Crippen LogP contribution in [0, 0.1) is 11.8 Å². The Bertz CT molecular complexity index is 277. The third-order valence-corrected chi connectivity index (χ3v) is 2.22. The van der Waals surface area contributed by atoms with Crippen LogP contribution in [-0.2, 0) is 6.54 Å². The fourth-order valence-electron chi connectivity index (χ4n) is 1.35. The van der Waals surface area contributed by atoms with E-state index in [0.717, 1.165) is 12.4 Å². The van der Waals surface area contributed by atoms with E-state index in [-0.39, 0.29) is 6.04 Å². The Morgan fingerprint density at radius 2 is 2.00 bits per heavy atom. The van der Waals surface area contributed by atoms with Crippen molar-refractivity contribution in [1.29, 1.82) is 0 Å². The van der Waals surface area contributed by atoms with Gasteiger partial charge in [0, 0.05) is 6.54 Å². The molecule has 0 saturated heterocycles. The summed E-state index contributed by atoms with van der Waals surface area (Å²) in [5.41, 5.74) is 6.04. The van der Waals surface area contributed by atoms with Crippen LogP contribution in [0.4, 0.5) is 0 Å². The Balaban J connectivity index is 2.81. The number of nitrogens with zero attached hydrogens (tertiary/aromatic N) is 3. The molecule has 1 heterocycles. The molecule has 0 radical (unpaired) electrons. The first kappa shape index (κ1) is 11.2. The topological polar surface area (TPSA) is 56.7 Å². The molecule has 0 spiro atoms. The molecule has 1 aromatic rings. The number of nitrogens with two attached hydrogens (primary N) is 1. The Morgan fingerprint density at radius 1 is 1.36 bits per heavy atom. The van der Waals surface area contributed by atoms with Gasteiger partial charge in [-0.3, -0.25) is 0 Å². The predicted octanol–water partition coefficient (Wildman–Crippen LogP) is 1.59. The van der Waals surface area contributed by atoms with Gasteiger partial charge < -0.3 is 10.3 Å². The van der Waals surface area contributed by atoms with Crippen molar-refractivity contribution in [3.8, 4) is 0 Å². The lowest BCUT2D eigenvalue weighted by atomic mass is 10.0. The maximum Gasteiger partial charge on any atom is 0.150 e. The molecule has 1 aromatic heterocycles. The van der Waals surface area contributed by atoms with Gasteiger partial charge in [-0.1, -0.05) is 27.7 Å². The van der Waals surface area contributed by atoms with Gasteiger partial charge in [-0.2, -0.15) is 0 Å². The molecule has 4 nitrogen and oxygen atoms in total. The van der Waals surface area contributed by atoms with Crippen LogP contribution in [0.3, 0.4) is 0 Å². The zero-order chi connectivity index (χ0) is 10.7. The average molecular weight is 196 g/mol. The highest BCUT2D eigenvalue weighted by atomic mass is 15.3. The minimum absolute atomic E-state index is 0.0174. The summed E-state index contributed by atoms with van der Waals surface area (Å²) >= 11 is 0. The molecule has 14 heavy (non-hydrogen) atoms. The second kappa shape index (κ2) is 4.55. The minimum atomic E-state index is -0.0174. The van der Waals surface area contributed by atoms with Gasteiger partial charge in [0.1, 0.15) is 12.2 Å². The third kappa shape index (κ3) is 2.54. The van der Waals surface area contributed by atoms with Crippen LogP contribution in [0.1, 0.15) is 39.6 Å². The molecule has 0 aromatic carbocycles. The fourth-order valence-corrected chi connectivity index (χ4v) is 1.35. The first-order valence-corrected chi connectivity index (χ1v) is 5.15. The quantitative estimate of drug-likeness (QED) is 0.795. The van der Waals surface area contributed by atoms with Crippen molar-refractivity contribution in [2.75, 3.05) is 0 Å². The van der Waals surface area contributed by atoms with Crippen LogP contribution >= 0.6 is 0 Å². The molecule has 0 fully saturated rings. The third-order valence-electron chi connectivity index (χ3n) is 2.22. The molecular formula is C10H20N4. The van der Waals surface area contributed by atoms with E-state index in [2.05, 4.69) is 42.5 Å². The number of aromatic nitrogens is 3. The zero-order valence-corrected chi connectivity index (χ0v) is 9.44. The lowest BCUT2D eigenvalue weighted by Gasteiger charge is -2.17. The smallest absolute Gasteiger partial charge is 0.150 e. The Hall–Kier alpha value is -0.900. The highest BCUT2D eigenvalue weighted by Gasteiger charge is 2.17. The van der Waals surface area contributed by atoms with Crippen molar-refractivity contribution in [2.45, 2.75) is 40.3 Å². The predicted molar refractivity (Wildman–Crippen MR) is 56.6 cm³/mol. The molecule has 0 aliphatic rings. The summed E-state index contributed by atoms with van der Waals surface area (Å²) in [7, 11) is 0. The summed E-state index contributed by atoms with van der Waals surface area (Å²) < 4.78 is 2.05. The van der Waals surface area contributed by atoms with E-state index in [9.17, 15) is 0 Å². The van der Waals surface area contributed by atoms with Gasteiger partial charge in [0.15, 0.2) is 0 Å². The van der Waals surface area contributed by atoms with Crippen LogP contribution in [0.5, 0.6) is 0 Å². The molecule has 1 rings (SSSR count). The molecule has 2 N–H and O–H groups in total. The van der Waals surface area contributed by atoms with Gasteiger partial charge in [-0.25, -0.2) is 0 Å². The summed E-state index contributed by atoms with van der Waals surface area (Å²) in [6.45, 7) is 9.47. The summed E-state index contributed by atoms with van der Waals surface area (Å²) in [6, 6.07) is -0.0174. The summed E-state index contributed by atoms with van der Waals surface area (Å²) in [4.78, 5) is 0. The van der Waals surface area contributed by atoms with Crippen LogP contribution in [0.15, 0.2) is 6.33 Å². The van der Waals surface area contributed by atoms with E-state index in [1.165, 1.54) is 0 Å². The first-order valence-electron chi connectivity index (χ1n) is 5.15. The first-order chi connectivity index (χ1) is 6.52. The molecule has 4 heteroatoms. The summed E-state index contributed by atoms with van der Waals surface area (Å²) in [6.07, 6.45) is 1.76. The zero-order valence-electron chi connectivity index (χ0n) is 9.44. The molecule has 0 aliphatic heterocycles. The van der Waals surface area contributed by atoms with Gasteiger partial charge in [-0.15, -0.1) is 10.2 Å². The van der Waals surface area contributed by atoms with E-state index in [4.69, 9.17) is 5.73 Å². The largest absolute Gasteiger partial charge is 0.321 e. The molecule has 0 unspecified atom stereocenters. The lowest BCUT2D eigenvalue weighted by Crippen LogP contribution is -2.22.